The molecule has 114 valence electrons. The van der Waals surface area contributed by atoms with Crippen LogP contribution < -0.4 is 4.74 Å². The highest BCUT2D eigenvalue weighted by Gasteiger charge is 2.05. The van der Waals surface area contributed by atoms with E-state index < -0.39 is 11.9 Å². The quantitative estimate of drug-likeness (QED) is 0.453. The van der Waals surface area contributed by atoms with Gasteiger partial charge < -0.3 is 14.6 Å². The third-order valence-corrected chi connectivity index (χ3v) is 2.75. The van der Waals surface area contributed by atoms with Crippen LogP contribution in [0.1, 0.15) is 30.9 Å². The van der Waals surface area contributed by atoms with Crippen molar-refractivity contribution in [3.63, 3.8) is 0 Å². The number of aryl methyl sites for hydroxylation is 1. The van der Waals surface area contributed by atoms with Gasteiger partial charge in [-0.05, 0) is 38.0 Å². The second kappa shape index (κ2) is 8.79. The molecule has 5 nitrogen and oxygen atoms in total. The number of carbonyl (C=O) groups excluding carboxylic acids is 1. The maximum atomic E-state index is 11.4. The molecule has 0 bridgehead atoms. The fourth-order valence-corrected chi connectivity index (χ4v) is 1.74. The topological polar surface area (TPSA) is 72.8 Å². The molecule has 1 N–H and O–H groups in total. The Bertz CT molecular complexity index is 519. The second-order valence-corrected chi connectivity index (χ2v) is 4.42. The van der Waals surface area contributed by atoms with Gasteiger partial charge in [0.2, 0.25) is 0 Å². The summed E-state index contributed by atoms with van der Waals surface area (Å²) in [7, 11) is 0. The summed E-state index contributed by atoms with van der Waals surface area (Å²) < 4.78 is 10.4. The van der Waals surface area contributed by atoms with E-state index in [0.29, 0.717) is 25.4 Å². The molecule has 1 aromatic carbocycles. The SMILES string of the molecule is CCOC(=O)/C=C/c1c(C)cccc1OCCCC(=O)O. The highest BCUT2D eigenvalue weighted by Crippen LogP contribution is 2.24. The lowest BCUT2D eigenvalue weighted by atomic mass is 10.1. The Balaban J connectivity index is 2.73. The molecule has 0 aliphatic heterocycles. The van der Waals surface area contributed by atoms with Crippen LogP contribution in [-0.4, -0.2) is 30.3 Å². The van der Waals surface area contributed by atoms with Crippen LogP contribution in [0.4, 0.5) is 0 Å². The number of carboxylic acids is 1. The maximum absolute atomic E-state index is 11.4. The van der Waals surface area contributed by atoms with Gasteiger partial charge in [0.25, 0.3) is 0 Å². The number of esters is 1. The van der Waals surface area contributed by atoms with Gasteiger partial charge in [-0.1, -0.05) is 12.1 Å². The van der Waals surface area contributed by atoms with Crippen LogP contribution in [0.15, 0.2) is 24.3 Å². The number of carboxylic acid groups (broad SMARTS) is 1. The van der Waals surface area contributed by atoms with Crippen molar-refractivity contribution >= 4 is 18.0 Å². The molecule has 1 aromatic rings. The molecule has 0 fully saturated rings. The lowest BCUT2D eigenvalue weighted by molar-refractivity contribution is -0.138. The number of hydrogen-bond donors (Lipinski definition) is 1. The van der Waals surface area contributed by atoms with E-state index in [4.69, 9.17) is 14.6 Å². The third kappa shape index (κ3) is 6.12. The van der Waals surface area contributed by atoms with Gasteiger partial charge in [-0.15, -0.1) is 0 Å². The summed E-state index contributed by atoms with van der Waals surface area (Å²) in [6.45, 7) is 4.30. The van der Waals surface area contributed by atoms with E-state index in [1.807, 2.05) is 19.1 Å². The molecule has 0 radical (unpaired) electrons. The van der Waals surface area contributed by atoms with Crippen molar-refractivity contribution in [2.75, 3.05) is 13.2 Å². The van der Waals surface area contributed by atoms with Crippen molar-refractivity contribution in [1.29, 1.82) is 0 Å². The van der Waals surface area contributed by atoms with Gasteiger partial charge in [0.1, 0.15) is 5.75 Å². The zero-order valence-corrected chi connectivity index (χ0v) is 12.3. The molecular formula is C16H20O5. The minimum absolute atomic E-state index is 0.0693. The van der Waals surface area contributed by atoms with E-state index in [0.717, 1.165) is 11.1 Å². The molecule has 0 amide bonds. The average molecular weight is 292 g/mol. The number of hydrogen-bond acceptors (Lipinski definition) is 4. The fourth-order valence-electron chi connectivity index (χ4n) is 1.74. The van der Waals surface area contributed by atoms with Crippen molar-refractivity contribution in [1.82, 2.24) is 0 Å². The van der Waals surface area contributed by atoms with E-state index >= 15 is 0 Å². The molecule has 5 heteroatoms. The van der Waals surface area contributed by atoms with Crippen LogP contribution in [0.25, 0.3) is 6.08 Å². The highest BCUT2D eigenvalue weighted by atomic mass is 16.5. The second-order valence-electron chi connectivity index (χ2n) is 4.42. The van der Waals surface area contributed by atoms with Crippen molar-refractivity contribution < 1.29 is 24.2 Å². The molecule has 1 rings (SSSR count). The smallest absolute Gasteiger partial charge is 0.330 e. The summed E-state index contributed by atoms with van der Waals surface area (Å²) in [4.78, 5) is 21.8. The largest absolute Gasteiger partial charge is 0.493 e. The van der Waals surface area contributed by atoms with Gasteiger partial charge in [0, 0.05) is 18.1 Å². The van der Waals surface area contributed by atoms with Crippen molar-refractivity contribution in [2.24, 2.45) is 0 Å². The highest BCUT2D eigenvalue weighted by molar-refractivity contribution is 5.87. The summed E-state index contributed by atoms with van der Waals surface area (Å²) >= 11 is 0. The van der Waals surface area contributed by atoms with Crippen molar-refractivity contribution in [3.05, 3.63) is 35.4 Å². The van der Waals surface area contributed by atoms with E-state index in [1.165, 1.54) is 6.08 Å². The first-order valence-electron chi connectivity index (χ1n) is 6.83. The minimum atomic E-state index is -0.842. The molecule has 0 saturated heterocycles. The predicted octanol–water partition coefficient (Wildman–Crippen LogP) is 2.81. The van der Waals surface area contributed by atoms with Crippen LogP contribution in [0, 0.1) is 6.92 Å². The van der Waals surface area contributed by atoms with E-state index in [-0.39, 0.29) is 6.42 Å². The summed E-state index contributed by atoms with van der Waals surface area (Å²) in [6.07, 6.45) is 3.51. The minimum Gasteiger partial charge on any atom is -0.493 e. The Hall–Kier alpha value is -2.30. The number of aliphatic carboxylic acids is 1. The van der Waals surface area contributed by atoms with Crippen LogP contribution >= 0.6 is 0 Å². The maximum Gasteiger partial charge on any atom is 0.330 e. The van der Waals surface area contributed by atoms with Gasteiger partial charge in [0.05, 0.1) is 13.2 Å². The van der Waals surface area contributed by atoms with E-state index in [2.05, 4.69) is 0 Å². The molecule has 0 heterocycles. The predicted molar refractivity (Wildman–Crippen MR) is 79.2 cm³/mol. The summed E-state index contributed by atoms with van der Waals surface area (Å²) in [5.41, 5.74) is 1.76. The van der Waals surface area contributed by atoms with Gasteiger partial charge in [0.15, 0.2) is 0 Å². The first-order valence-corrected chi connectivity index (χ1v) is 6.83. The normalized spacial score (nSPS) is 10.6. The standard InChI is InChI=1S/C16H20O5/c1-3-20-16(19)10-9-13-12(2)6-4-7-14(13)21-11-5-8-15(17)18/h4,6-7,9-10H,3,5,8,11H2,1-2H3,(H,17,18)/b10-9+. The van der Waals surface area contributed by atoms with Gasteiger partial charge >= 0.3 is 11.9 Å². The molecular weight excluding hydrogens is 272 g/mol. The molecule has 0 aromatic heterocycles. The molecule has 0 aliphatic rings. The Morgan fingerprint density at radius 3 is 2.76 bits per heavy atom. The number of carbonyl (C=O) groups is 2. The van der Waals surface area contributed by atoms with Gasteiger partial charge in [-0.25, -0.2) is 4.79 Å². The molecule has 0 unspecified atom stereocenters. The first kappa shape index (κ1) is 16.8. The fraction of sp³-hybridized carbons (Fsp3) is 0.375. The zero-order chi connectivity index (χ0) is 15.7. The van der Waals surface area contributed by atoms with Crippen LogP contribution in [0.3, 0.4) is 0 Å². The lowest BCUT2D eigenvalue weighted by Crippen LogP contribution is -2.03. The monoisotopic (exact) mass is 292 g/mol. The Labute approximate surface area is 124 Å². The number of rotatable bonds is 8. The van der Waals surface area contributed by atoms with Crippen LogP contribution in [0.5, 0.6) is 5.75 Å². The third-order valence-electron chi connectivity index (χ3n) is 2.75. The summed E-state index contributed by atoms with van der Waals surface area (Å²) in [5, 5.41) is 8.59. The van der Waals surface area contributed by atoms with Gasteiger partial charge in [-0.2, -0.15) is 0 Å². The lowest BCUT2D eigenvalue weighted by Gasteiger charge is -2.11. The number of ether oxygens (including phenoxy) is 2. The van der Waals surface area contributed by atoms with E-state index in [1.54, 1.807) is 19.1 Å². The zero-order valence-electron chi connectivity index (χ0n) is 12.3. The summed E-state index contributed by atoms with van der Waals surface area (Å²) in [6, 6.07) is 5.55. The van der Waals surface area contributed by atoms with Crippen LogP contribution in [0.2, 0.25) is 0 Å². The Morgan fingerprint density at radius 2 is 2.10 bits per heavy atom. The van der Waals surface area contributed by atoms with Crippen molar-refractivity contribution in [2.45, 2.75) is 26.7 Å². The number of benzene rings is 1. The summed E-state index contributed by atoms with van der Waals surface area (Å²) in [5.74, 6) is -0.621. The molecule has 0 spiro atoms. The molecule has 0 atom stereocenters. The molecule has 0 saturated carbocycles. The Kier molecular flexibility index (Phi) is 7.01. The molecule has 21 heavy (non-hydrogen) atoms. The molecule has 0 aliphatic carbocycles. The van der Waals surface area contributed by atoms with Crippen LogP contribution in [-0.2, 0) is 14.3 Å². The average Bonchev–Trinajstić information content (AvgIpc) is 2.43. The van der Waals surface area contributed by atoms with E-state index in [9.17, 15) is 9.59 Å². The Morgan fingerprint density at radius 1 is 1.33 bits per heavy atom. The first-order chi connectivity index (χ1) is 10.0. The van der Waals surface area contributed by atoms with Crippen molar-refractivity contribution in [3.8, 4) is 5.75 Å². The van der Waals surface area contributed by atoms with Gasteiger partial charge in [-0.3, -0.25) is 4.79 Å².